The molecule has 11 nitrogen and oxygen atoms in total. The van der Waals surface area contributed by atoms with E-state index in [9.17, 15) is 14.7 Å². The third kappa shape index (κ3) is 5.89. The molecule has 1 aliphatic rings. The van der Waals surface area contributed by atoms with Gasteiger partial charge in [-0.25, -0.2) is 9.59 Å². The molecule has 0 spiro atoms. The van der Waals surface area contributed by atoms with Crippen LogP contribution in [0.1, 0.15) is 43.6 Å². The number of fused-ring (bicyclic) bond motifs is 1. The van der Waals surface area contributed by atoms with Crippen LogP contribution in [0.5, 0.6) is 11.5 Å². The third-order valence-corrected chi connectivity index (χ3v) is 6.69. The van der Waals surface area contributed by atoms with Gasteiger partial charge in [0.2, 0.25) is 0 Å². The van der Waals surface area contributed by atoms with E-state index in [-0.39, 0.29) is 12.2 Å². The molecule has 0 saturated carbocycles. The first-order valence-electron chi connectivity index (χ1n) is 13.1. The minimum atomic E-state index is -1.09. The van der Waals surface area contributed by atoms with Crippen molar-refractivity contribution in [3.8, 4) is 11.5 Å². The predicted molar refractivity (Wildman–Crippen MR) is 151 cm³/mol. The largest absolute Gasteiger partial charge is 0.490 e. The molecular formula is C29H35N5O6. The standard InChI is InChI=1S/C29H35N5O6/c1-6-34-18(4)21(20-10-8-9-11-22(20)34)15-30-33-25(35)16-40-23-13-12-19(14-24(23)39-7-2)27-26(28(36)38-5)17(3)31-29(37)32-27/h8-15,25,27,33,35H,6-7,16H2,1-5H3,(H2,31,32,37)/b30-15+/t25-,27+/m1/s1. The van der Waals surface area contributed by atoms with Crippen LogP contribution in [0.15, 0.2) is 58.8 Å². The number of rotatable bonds is 11. The van der Waals surface area contributed by atoms with Crippen molar-refractivity contribution in [3.05, 3.63) is 70.6 Å². The fourth-order valence-corrected chi connectivity index (χ4v) is 4.84. The first-order chi connectivity index (χ1) is 19.3. The van der Waals surface area contributed by atoms with E-state index in [1.165, 1.54) is 7.11 Å². The summed E-state index contributed by atoms with van der Waals surface area (Å²) in [6.45, 7) is 8.70. The molecule has 2 aromatic carbocycles. The number of ether oxygens (including phenoxy) is 3. The fourth-order valence-electron chi connectivity index (χ4n) is 4.84. The van der Waals surface area contributed by atoms with Gasteiger partial charge in [-0.1, -0.05) is 24.3 Å². The molecule has 0 bridgehead atoms. The first-order valence-corrected chi connectivity index (χ1v) is 13.1. The first kappa shape index (κ1) is 28.5. The van der Waals surface area contributed by atoms with Crippen LogP contribution in [0.25, 0.3) is 10.9 Å². The molecule has 2 heterocycles. The summed E-state index contributed by atoms with van der Waals surface area (Å²) in [5, 5.41) is 21.2. The van der Waals surface area contributed by atoms with Gasteiger partial charge in [0.1, 0.15) is 6.61 Å². The second-order valence-electron chi connectivity index (χ2n) is 9.18. The van der Waals surface area contributed by atoms with Crippen LogP contribution in [-0.4, -0.2) is 54.4 Å². The highest BCUT2D eigenvalue weighted by atomic mass is 16.5. The van der Waals surface area contributed by atoms with Crippen LogP contribution in [0.2, 0.25) is 0 Å². The Morgan fingerprint density at radius 2 is 1.95 bits per heavy atom. The molecule has 0 saturated heterocycles. The second kappa shape index (κ2) is 12.6. The van der Waals surface area contributed by atoms with Crippen molar-refractivity contribution < 1.29 is 28.9 Å². The number of methoxy groups -OCH3 is 1. The molecule has 0 fully saturated rings. The summed E-state index contributed by atoms with van der Waals surface area (Å²) in [7, 11) is 1.28. The highest BCUT2D eigenvalue weighted by Gasteiger charge is 2.32. The van der Waals surface area contributed by atoms with Crippen LogP contribution in [-0.2, 0) is 16.1 Å². The van der Waals surface area contributed by atoms with E-state index in [1.807, 2.05) is 26.0 Å². The molecule has 40 heavy (non-hydrogen) atoms. The Morgan fingerprint density at radius 1 is 1.18 bits per heavy atom. The van der Waals surface area contributed by atoms with E-state index in [0.29, 0.717) is 29.4 Å². The molecule has 4 rings (SSSR count). The second-order valence-corrected chi connectivity index (χ2v) is 9.18. The zero-order chi connectivity index (χ0) is 28.8. The maximum Gasteiger partial charge on any atom is 0.337 e. The number of allylic oxidation sites excluding steroid dienone is 1. The predicted octanol–water partition coefficient (Wildman–Crippen LogP) is 3.49. The van der Waals surface area contributed by atoms with Crippen molar-refractivity contribution in [2.24, 2.45) is 5.10 Å². The lowest BCUT2D eigenvalue weighted by Crippen LogP contribution is -2.45. The number of para-hydroxylation sites is 1. The normalized spacial score (nSPS) is 16.1. The number of hydrogen-bond donors (Lipinski definition) is 4. The van der Waals surface area contributed by atoms with E-state index in [4.69, 9.17) is 14.2 Å². The van der Waals surface area contributed by atoms with Gasteiger partial charge in [-0.05, 0) is 51.5 Å². The topological polar surface area (TPSA) is 135 Å². The SMILES string of the molecule is CCOc1cc([C@@H]2NC(=O)NC(C)=C2C(=O)OC)ccc1OC[C@@H](O)N/N=C/c1c(C)n(CC)c2ccccc12. The number of nitrogens with zero attached hydrogens (tertiary/aromatic N) is 2. The molecule has 4 N–H and O–H groups in total. The highest BCUT2D eigenvalue weighted by molar-refractivity contribution is 6.01. The van der Waals surface area contributed by atoms with Gasteiger partial charge in [0, 0.05) is 34.4 Å². The van der Waals surface area contributed by atoms with E-state index in [2.05, 4.69) is 44.8 Å². The molecular weight excluding hydrogens is 514 g/mol. The van der Waals surface area contributed by atoms with Gasteiger partial charge >= 0.3 is 12.0 Å². The van der Waals surface area contributed by atoms with Gasteiger partial charge < -0.3 is 34.5 Å². The van der Waals surface area contributed by atoms with Gasteiger partial charge in [-0.15, -0.1) is 0 Å². The van der Waals surface area contributed by atoms with Gasteiger partial charge in [0.15, 0.2) is 17.7 Å². The summed E-state index contributed by atoms with van der Waals surface area (Å²) < 4.78 is 18.7. The molecule has 3 aromatic rings. The molecule has 0 unspecified atom stereocenters. The summed E-state index contributed by atoms with van der Waals surface area (Å²) >= 11 is 0. The number of esters is 1. The highest BCUT2D eigenvalue weighted by Crippen LogP contribution is 2.35. The van der Waals surface area contributed by atoms with Crippen LogP contribution < -0.4 is 25.5 Å². The minimum absolute atomic E-state index is 0.108. The Kier molecular flexibility index (Phi) is 8.95. The monoisotopic (exact) mass is 549 g/mol. The van der Waals surface area contributed by atoms with Crippen molar-refractivity contribution in [1.82, 2.24) is 20.6 Å². The Morgan fingerprint density at radius 3 is 2.67 bits per heavy atom. The average molecular weight is 550 g/mol. The summed E-state index contributed by atoms with van der Waals surface area (Å²) in [4.78, 5) is 24.6. The molecule has 2 amide bonds. The fraction of sp³-hybridized carbons (Fsp3) is 0.345. The summed E-state index contributed by atoms with van der Waals surface area (Å²) in [5.74, 6) is 0.226. The number of hydrogen-bond acceptors (Lipinski definition) is 8. The number of nitrogens with one attached hydrogen (secondary N) is 3. The number of aliphatic hydroxyl groups is 1. The Hall–Kier alpha value is -4.51. The van der Waals surface area contributed by atoms with Crippen molar-refractivity contribution in [2.75, 3.05) is 20.3 Å². The van der Waals surface area contributed by atoms with Crippen LogP contribution in [0, 0.1) is 6.92 Å². The lowest BCUT2D eigenvalue weighted by molar-refractivity contribution is -0.136. The number of benzene rings is 2. The van der Waals surface area contributed by atoms with Gasteiger partial charge in [0.05, 0.1) is 31.5 Å². The number of carbonyl (C=O) groups is 2. The van der Waals surface area contributed by atoms with Crippen molar-refractivity contribution in [1.29, 1.82) is 0 Å². The van der Waals surface area contributed by atoms with Crippen LogP contribution in [0.3, 0.4) is 0 Å². The summed E-state index contributed by atoms with van der Waals surface area (Å²) in [5.41, 5.74) is 7.21. The number of urea groups is 1. The number of amides is 2. The van der Waals surface area contributed by atoms with Crippen LogP contribution >= 0.6 is 0 Å². The maximum absolute atomic E-state index is 12.4. The quantitative estimate of drug-likeness (QED) is 0.124. The Bertz CT molecular complexity index is 1460. The summed E-state index contributed by atoms with van der Waals surface area (Å²) in [6, 6.07) is 12.0. The van der Waals surface area contributed by atoms with Crippen molar-refractivity contribution in [3.63, 3.8) is 0 Å². The van der Waals surface area contributed by atoms with E-state index < -0.39 is 24.3 Å². The third-order valence-electron chi connectivity index (χ3n) is 6.69. The molecule has 212 valence electrons. The van der Waals surface area contributed by atoms with E-state index >= 15 is 0 Å². The van der Waals surface area contributed by atoms with Gasteiger partial charge in [0.25, 0.3) is 0 Å². The Balaban J connectivity index is 1.46. The number of aliphatic hydroxyl groups excluding tert-OH is 1. The van der Waals surface area contributed by atoms with Crippen LogP contribution in [0.4, 0.5) is 4.79 Å². The van der Waals surface area contributed by atoms with E-state index in [1.54, 1.807) is 31.3 Å². The molecule has 2 atom stereocenters. The van der Waals surface area contributed by atoms with Gasteiger partial charge in [-0.2, -0.15) is 5.10 Å². The zero-order valence-electron chi connectivity index (χ0n) is 23.3. The molecule has 1 aromatic heterocycles. The maximum atomic E-state index is 12.4. The minimum Gasteiger partial charge on any atom is -0.490 e. The number of aryl methyl sites for hydroxylation is 1. The summed E-state index contributed by atoms with van der Waals surface area (Å²) in [6.07, 6.45) is 0.611. The van der Waals surface area contributed by atoms with Crippen molar-refractivity contribution in [2.45, 2.75) is 46.5 Å². The lowest BCUT2D eigenvalue weighted by Gasteiger charge is -2.28. The van der Waals surface area contributed by atoms with E-state index in [0.717, 1.165) is 28.7 Å². The average Bonchev–Trinajstić information content (AvgIpc) is 3.21. The smallest absolute Gasteiger partial charge is 0.337 e. The Labute approximate surface area is 232 Å². The molecule has 11 heteroatoms. The zero-order valence-corrected chi connectivity index (χ0v) is 23.3. The number of aromatic nitrogens is 1. The van der Waals surface area contributed by atoms with Crippen molar-refractivity contribution >= 4 is 29.1 Å². The number of carbonyl (C=O) groups excluding carboxylic acids is 2. The van der Waals surface area contributed by atoms with Gasteiger partial charge in [-0.3, -0.25) is 5.43 Å². The number of hydrazone groups is 1. The molecule has 1 aliphatic heterocycles. The lowest BCUT2D eigenvalue weighted by atomic mass is 9.95. The molecule has 0 radical (unpaired) electrons. The molecule has 0 aliphatic carbocycles.